The smallest absolute Gasteiger partial charge is 0.326 e. The molecule has 2 unspecified atom stereocenters. The van der Waals surface area contributed by atoms with E-state index in [9.17, 15) is 14.0 Å². The highest BCUT2D eigenvalue weighted by Gasteiger charge is 2.26. The molecule has 1 rings (SSSR count). The molecule has 0 aliphatic rings. The number of aliphatic carboxylic acids is 1. The van der Waals surface area contributed by atoms with Crippen LogP contribution in [0.2, 0.25) is 0 Å². The van der Waals surface area contributed by atoms with Gasteiger partial charge in [-0.2, -0.15) is 0 Å². The lowest BCUT2D eigenvalue weighted by Crippen LogP contribution is -2.48. The molecule has 1 aromatic carbocycles. The highest BCUT2D eigenvalue weighted by atomic mass is 19.1. The van der Waals surface area contributed by atoms with Crippen LogP contribution in [0.15, 0.2) is 24.3 Å². The van der Waals surface area contributed by atoms with Crippen LogP contribution in [0.4, 0.5) is 4.39 Å². The van der Waals surface area contributed by atoms with Gasteiger partial charge in [-0.05, 0) is 25.0 Å². The minimum atomic E-state index is -1.12. The summed E-state index contributed by atoms with van der Waals surface area (Å²) in [6.07, 6.45) is -0.993. The number of carbonyl (C=O) groups excluding carboxylic acids is 1. The number of halogens is 1. The summed E-state index contributed by atoms with van der Waals surface area (Å²) >= 11 is 0. The number of rotatable bonds is 6. The van der Waals surface area contributed by atoms with Crippen molar-refractivity contribution in [3.63, 3.8) is 0 Å². The van der Waals surface area contributed by atoms with E-state index in [-0.39, 0.29) is 11.7 Å². The van der Waals surface area contributed by atoms with Gasteiger partial charge >= 0.3 is 5.97 Å². The average molecular weight is 283 g/mol. The van der Waals surface area contributed by atoms with E-state index in [0.717, 1.165) is 0 Å². The molecule has 110 valence electrons. The molecule has 0 aromatic heterocycles. The molecule has 1 amide bonds. The lowest BCUT2D eigenvalue weighted by atomic mass is 10.0. The number of amides is 1. The second-order valence-electron chi connectivity index (χ2n) is 4.76. The lowest BCUT2D eigenvalue weighted by Gasteiger charge is -2.21. The molecule has 20 heavy (non-hydrogen) atoms. The predicted molar refractivity (Wildman–Crippen MR) is 70.9 cm³/mol. The molecule has 1 aromatic rings. The van der Waals surface area contributed by atoms with E-state index in [1.165, 1.54) is 25.1 Å². The van der Waals surface area contributed by atoms with Crippen molar-refractivity contribution in [2.24, 2.45) is 5.92 Å². The van der Waals surface area contributed by atoms with Gasteiger partial charge in [-0.25, -0.2) is 9.18 Å². The van der Waals surface area contributed by atoms with Crippen LogP contribution in [0.3, 0.4) is 0 Å². The minimum Gasteiger partial charge on any atom is -0.480 e. The molecule has 0 heterocycles. The van der Waals surface area contributed by atoms with E-state index in [0.29, 0.717) is 0 Å². The summed E-state index contributed by atoms with van der Waals surface area (Å²) < 4.78 is 18.6. The van der Waals surface area contributed by atoms with Crippen LogP contribution in [-0.4, -0.2) is 29.1 Å². The Morgan fingerprint density at radius 3 is 2.35 bits per heavy atom. The molecule has 0 spiro atoms. The second kappa shape index (κ2) is 6.88. The number of carbonyl (C=O) groups is 2. The summed E-state index contributed by atoms with van der Waals surface area (Å²) in [5, 5.41) is 11.4. The normalized spacial score (nSPS) is 13.7. The zero-order valence-corrected chi connectivity index (χ0v) is 11.6. The van der Waals surface area contributed by atoms with Gasteiger partial charge in [-0.1, -0.05) is 26.0 Å². The first kappa shape index (κ1) is 15.9. The van der Waals surface area contributed by atoms with Gasteiger partial charge in [-0.15, -0.1) is 0 Å². The van der Waals surface area contributed by atoms with E-state index in [2.05, 4.69) is 5.32 Å². The fourth-order valence-electron chi connectivity index (χ4n) is 1.57. The fraction of sp³-hybridized carbons (Fsp3) is 0.429. The monoisotopic (exact) mass is 283 g/mol. The van der Waals surface area contributed by atoms with E-state index < -0.39 is 29.8 Å². The molecule has 2 atom stereocenters. The van der Waals surface area contributed by atoms with Crippen LogP contribution < -0.4 is 10.1 Å². The van der Waals surface area contributed by atoms with Crippen LogP contribution >= 0.6 is 0 Å². The fourth-order valence-corrected chi connectivity index (χ4v) is 1.57. The van der Waals surface area contributed by atoms with Crippen molar-refractivity contribution in [3.8, 4) is 5.75 Å². The zero-order chi connectivity index (χ0) is 15.3. The van der Waals surface area contributed by atoms with Gasteiger partial charge in [-0.3, -0.25) is 4.79 Å². The van der Waals surface area contributed by atoms with Gasteiger partial charge in [0.05, 0.1) is 0 Å². The highest BCUT2D eigenvalue weighted by molar-refractivity contribution is 5.86. The second-order valence-corrected chi connectivity index (χ2v) is 4.76. The maximum Gasteiger partial charge on any atom is 0.326 e. The Morgan fingerprint density at radius 1 is 1.25 bits per heavy atom. The zero-order valence-electron chi connectivity index (χ0n) is 11.6. The van der Waals surface area contributed by atoms with Crippen LogP contribution in [0.1, 0.15) is 20.8 Å². The van der Waals surface area contributed by atoms with Gasteiger partial charge in [0, 0.05) is 0 Å². The Balaban J connectivity index is 2.68. The van der Waals surface area contributed by atoms with Crippen molar-refractivity contribution in [2.45, 2.75) is 32.9 Å². The lowest BCUT2D eigenvalue weighted by molar-refractivity contribution is -0.144. The van der Waals surface area contributed by atoms with Crippen molar-refractivity contribution in [3.05, 3.63) is 30.1 Å². The average Bonchev–Trinajstić information content (AvgIpc) is 2.37. The SMILES string of the molecule is CC(Oc1ccccc1F)C(=O)NC(C(=O)O)C(C)C. The van der Waals surface area contributed by atoms with Crippen molar-refractivity contribution in [1.82, 2.24) is 5.32 Å². The van der Waals surface area contributed by atoms with Crippen molar-refractivity contribution in [1.29, 1.82) is 0 Å². The third kappa shape index (κ3) is 4.22. The molecule has 2 N–H and O–H groups in total. The Labute approximate surface area is 116 Å². The Hall–Kier alpha value is -2.11. The number of carboxylic acids is 1. The Morgan fingerprint density at radius 2 is 1.85 bits per heavy atom. The molecule has 5 nitrogen and oxygen atoms in total. The summed E-state index contributed by atoms with van der Waals surface area (Å²) in [5.41, 5.74) is 0. The van der Waals surface area contributed by atoms with Gasteiger partial charge in [0.25, 0.3) is 5.91 Å². The number of ether oxygens (including phenoxy) is 1. The van der Waals surface area contributed by atoms with Crippen molar-refractivity contribution < 1.29 is 23.8 Å². The molecule has 0 fully saturated rings. The predicted octanol–water partition coefficient (Wildman–Crippen LogP) is 1.82. The van der Waals surface area contributed by atoms with Gasteiger partial charge < -0.3 is 15.2 Å². The third-order valence-electron chi connectivity index (χ3n) is 2.74. The van der Waals surface area contributed by atoms with E-state index in [1.807, 2.05) is 0 Å². The molecular weight excluding hydrogens is 265 g/mol. The number of carboxylic acid groups (broad SMARTS) is 1. The molecule has 0 radical (unpaired) electrons. The van der Waals surface area contributed by atoms with Crippen molar-refractivity contribution in [2.75, 3.05) is 0 Å². The number of hydrogen-bond donors (Lipinski definition) is 2. The first-order valence-electron chi connectivity index (χ1n) is 6.27. The maximum absolute atomic E-state index is 13.4. The van der Waals surface area contributed by atoms with E-state index in [4.69, 9.17) is 9.84 Å². The van der Waals surface area contributed by atoms with Gasteiger partial charge in [0.1, 0.15) is 6.04 Å². The van der Waals surface area contributed by atoms with Crippen molar-refractivity contribution >= 4 is 11.9 Å². The van der Waals surface area contributed by atoms with Crippen LogP contribution in [0.5, 0.6) is 5.75 Å². The van der Waals surface area contributed by atoms with E-state index in [1.54, 1.807) is 19.9 Å². The van der Waals surface area contributed by atoms with Gasteiger partial charge in [0.2, 0.25) is 0 Å². The first-order valence-corrected chi connectivity index (χ1v) is 6.27. The number of benzene rings is 1. The summed E-state index contributed by atoms with van der Waals surface area (Å²) in [5.74, 6) is -2.62. The quantitative estimate of drug-likeness (QED) is 0.835. The summed E-state index contributed by atoms with van der Waals surface area (Å²) in [6.45, 7) is 4.80. The van der Waals surface area contributed by atoms with Crippen LogP contribution in [-0.2, 0) is 9.59 Å². The molecule has 0 aliphatic heterocycles. The van der Waals surface area contributed by atoms with Crippen LogP contribution in [0, 0.1) is 11.7 Å². The Bertz CT molecular complexity index is 490. The summed E-state index contributed by atoms with van der Waals surface area (Å²) in [4.78, 5) is 22.9. The third-order valence-corrected chi connectivity index (χ3v) is 2.74. The largest absolute Gasteiger partial charge is 0.480 e. The molecule has 0 saturated heterocycles. The highest BCUT2D eigenvalue weighted by Crippen LogP contribution is 2.17. The summed E-state index contributed by atoms with van der Waals surface area (Å²) in [6, 6.07) is 4.70. The maximum atomic E-state index is 13.4. The number of para-hydroxylation sites is 1. The minimum absolute atomic E-state index is 0.0495. The number of nitrogens with one attached hydrogen (secondary N) is 1. The number of hydrogen-bond acceptors (Lipinski definition) is 3. The molecule has 0 saturated carbocycles. The molecule has 6 heteroatoms. The molecule has 0 aliphatic carbocycles. The summed E-state index contributed by atoms with van der Waals surface area (Å²) in [7, 11) is 0. The first-order chi connectivity index (χ1) is 9.32. The Kier molecular flexibility index (Phi) is 5.49. The van der Waals surface area contributed by atoms with Gasteiger partial charge in [0.15, 0.2) is 17.7 Å². The molecular formula is C14H18FNO4. The van der Waals surface area contributed by atoms with Crippen LogP contribution in [0.25, 0.3) is 0 Å². The standard InChI is InChI=1S/C14H18FNO4/c1-8(2)12(14(18)19)16-13(17)9(3)20-11-7-5-4-6-10(11)15/h4-9,12H,1-3H3,(H,16,17)(H,18,19). The topological polar surface area (TPSA) is 75.6 Å². The van der Waals surface area contributed by atoms with E-state index >= 15 is 0 Å². The molecule has 0 bridgehead atoms.